The molecule has 1 heterocycles. The lowest BCUT2D eigenvalue weighted by Crippen LogP contribution is -2.48. The summed E-state index contributed by atoms with van der Waals surface area (Å²) in [5, 5.41) is 1.11. The molecule has 0 N–H and O–H groups in total. The summed E-state index contributed by atoms with van der Waals surface area (Å²) in [7, 11) is 0. The third-order valence-electron chi connectivity index (χ3n) is 3.94. The Labute approximate surface area is 153 Å². The van der Waals surface area contributed by atoms with E-state index in [0.717, 1.165) is 23.2 Å². The van der Waals surface area contributed by atoms with Crippen LogP contribution in [-0.4, -0.2) is 37.0 Å². The predicted octanol–water partition coefficient (Wildman–Crippen LogP) is 4.72. The van der Waals surface area contributed by atoms with Crippen molar-refractivity contribution in [2.45, 2.75) is 0 Å². The number of hydrogen-bond acceptors (Lipinski definition) is 2. The fraction of sp³-hybridized carbons (Fsp3) is 0.235. The van der Waals surface area contributed by atoms with E-state index in [1.807, 2.05) is 41.3 Å². The molecular formula is C17H15BrCl2N2O. The zero-order chi connectivity index (χ0) is 16.4. The number of piperazine rings is 1. The normalized spacial score (nSPS) is 14.9. The highest BCUT2D eigenvalue weighted by atomic mass is 79.9. The Balaban J connectivity index is 1.67. The fourth-order valence-electron chi connectivity index (χ4n) is 2.65. The van der Waals surface area contributed by atoms with E-state index in [2.05, 4.69) is 20.8 Å². The molecule has 2 aromatic rings. The number of carbonyl (C=O) groups is 1. The highest BCUT2D eigenvalue weighted by Crippen LogP contribution is 2.28. The summed E-state index contributed by atoms with van der Waals surface area (Å²) < 4.78 is 0.830. The predicted molar refractivity (Wildman–Crippen MR) is 98.7 cm³/mol. The average molecular weight is 414 g/mol. The molecule has 1 aliphatic heterocycles. The van der Waals surface area contributed by atoms with Gasteiger partial charge in [-0.05, 0) is 46.3 Å². The van der Waals surface area contributed by atoms with Crippen molar-refractivity contribution in [1.82, 2.24) is 4.90 Å². The Hall–Kier alpha value is -1.23. The number of anilines is 1. The number of halogens is 3. The number of nitrogens with zero attached hydrogens (tertiary/aromatic N) is 2. The molecule has 0 spiro atoms. The van der Waals surface area contributed by atoms with Gasteiger partial charge in [-0.2, -0.15) is 0 Å². The summed E-state index contributed by atoms with van der Waals surface area (Å²) >= 11 is 15.5. The van der Waals surface area contributed by atoms with Gasteiger partial charge in [0, 0.05) is 36.3 Å². The van der Waals surface area contributed by atoms with Crippen molar-refractivity contribution in [3.8, 4) is 0 Å². The number of benzene rings is 2. The first-order valence-corrected chi connectivity index (χ1v) is 8.85. The second kappa shape index (κ2) is 7.12. The molecule has 1 fully saturated rings. The molecule has 1 amide bonds. The zero-order valence-corrected chi connectivity index (χ0v) is 15.4. The van der Waals surface area contributed by atoms with E-state index in [-0.39, 0.29) is 5.91 Å². The molecule has 0 radical (unpaired) electrons. The molecule has 0 atom stereocenters. The highest BCUT2D eigenvalue weighted by Gasteiger charge is 2.23. The van der Waals surface area contributed by atoms with Crippen molar-refractivity contribution < 1.29 is 4.79 Å². The first-order valence-electron chi connectivity index (χ1n) is 7.30. The van der Waals surface area contributed by atoms with Gasteiger partial charge in [0.1, 0.15) is 0 Å². The molecule has 0 aromatic heterocycles. The van der Waals surface area contributed by atoms with Crippen LogP contribution in [0.2, 0.25) is 10.0 Å². The number of hydrogen-bond donors (Lipinski definition) is 0. The number of carbonyl (C=O) groups excluding carboxylic acids is 1. The number of amides is 1. The zero-order valence-electron chi connectivity index (χ0n) is 12.3. The van der Waals surface area contributed by atoms with Gasteiger partial charge in [0.15, 0.2) is 0 Å². The van der Waals surface area contributed by atoms with Crippen LogP contribution in [0, 0.1) is 0 Å². The third kappa shape index (κ3) is 3.65. The molecule has 120 valence electrons. The first-order chi connectivity index (χ1) is 11.1. The molecule has 1 aliphatic rings. The largest absolute Gasteiger partial charge is 0.368 e. The Morgan fingerprint density at radius 2 is 1.65 bits per heavy atom. The van der Waals surface area contributed by atoms with Gasteiger partial charge in [-0.25, -0.2) is 0 Å². The summed E-state index contributed by atoms with van der Waals surface area (Å²) in [6, 6.07) is 13.1. The van der Waals surface area contributed by atoms with E-state index in [9.17, 15) is 4.79 Å². The fourth-order valence-corrected chi connectivity index (χ4v) is 3.40. The van der Waals surface area contributed by atoms with Crippen LogP contribution in [0.3, 0.4) is 0 Å². The van der Waals surface area contributed by atoms with Crippen LogP contribution in [0.1, 0.15) is 10.4 Å². The van der Waals surface area contributed by atoms with Crippen LogP contribution in [0.15, 0.2) is 46.9 Å². The van der Waals surface area contributed by atoms with Gasteiger partial charge in [0.2, 0.25) is 0 Å². The first kappa shape index (κ1) is 16.6. The molecule has 1 saturated heterocycles. The van der Waals surface area contributed by atoms with Crippen LogP contribution in [-0.2, 0) is 0 Å². The van der Waals surface area contributed by atoms with Gasteiger partial charge in [0.05, 0.1) is 15.6 Å². The lowest BCUT2D eigenvalue weighted by Gasteiger charge is -2.36. The standard InChI is InChI=1S/C17H15BrCl2N2O/c18-14-4-2-1-3-13(14)17(23)22-9-7-21(8-10-22)12-5-6-15(19)16(20)11-12/h1-6,11H,7-10H2. The monoisotopic (exact) mass is 412 g/mol. The average Bonchev–Trinajstić information content (AvgIpc) is 2.57. The minimum atomic E-state index is 0.0614. The van der Waals surface area contributed by atoms with Crippen LogP contribution in [0.25, 0.3) is 0 Å². The van der Waals surface area contributed by atoms with Crippen molar-refractivity contribution in [2.75, 3.05) is 31.1 Å². The van der Waals surface area contributed by atoms with Gasteiger partial charge >= 0.3 is 0 Å². The quantitative estimate of drug-likeness (QED) is 0.711. The summed E-state index contributed by atoms with van der Waals surface area (Å²) in [5.74, 6) is 0.0614. The minimum Gasteiger partial charge on any atom is -0.368 e. The van der Waals surface area contributed by atoms with Crippen LogP contribution in [0.5, 0.6) is 0 Å². The molecule has 3 rings (SSSR count). The lowest BCUT2D eigenvalue weighted by atomic mass is 10.1. The van der Waals surface area contributed by atoms with E-state index < -0.39 is 0 Å². The van der Waals surface area contributed by atoms with Gasteiger partial charge in [-0.3, -0.25) is 4.79 Å². The van der Waals surface area contributed by atoms with Crippen molar-refractivity contribution in [3.05, 3.63) is 62.5 Å². The lowest BCUT2D eigenvalue weighted by molar-refractivity contribution is 0.0746. The van der Waals surface area contributed by atoms with E-state index in [1.165, 1.54) is 0 Å². The van der Waals surface area contributed by atoms with Crippen molar-refractivity contribution in [2.24, 2.45) is 0 Å². The van der Waals surface area contributed by atoms with Crippen LogP contribution >= 0.6 is 39.1 Å². The topological polar surface area (TPSA) is 23.6 Å². The molecule has 0 unspecified atom stereocenters. The van der Waals surface area contributed by atoms with Gasteiger partial charge in [0.25, 0.3) is 5.91 Å². The molecule has 0 saturated carbocycles. The van der Waals surface area contributed by atoms with Gasteiger partial charge in [-0.1, -0.05) is 35.3 Å². The molecule has 2 aromatic carbocycles. The summed E-state index contributed by atoms with van der Waals surface area (Å²) in [6.45, 7) is 2.91. The smallest absolute Gasteiger partial charge is 0.255 e. The SMILES string of the molecule is O=C(c1ccccc1Br)N1CCN(c2ccc(Cl)c(Cl)c2)CC1. The van der Waals surface area contributed by atoms with Crippen LogP contribution < -0.4 is 4.90 Å². The summed E-state index contributed by atoms with van der Waals surface area (Å²) in [5.41, 5.74) is 1.74. The second-order valence-corrected chi connectivity index (χ2v) is 7.03. The van der Waals surface area contributed by atoms with E-state index >= 15 is 0 Å². The van der Waals surface area contributed by atoms with Crippen LogP contribution in [0.4, 0.5) is 5.69 Å². The number of rotatable bonds is 2. The minimum absolute atomic E-state index is 0.0614. The van der Waals surface area contributed by atoms with E-state index in [0.29, 0.717) is 28.7 Å². The van der Waals surface area contributed by atoms with Crippen molar-refractivity contribution >= 4 is 50.7 Å². The van der Waals surface area contributed by atoms with Gasteiger partial charge < -0.3 is 9.80 Å². The molecule has 3 nitrogen and oxygen atoms in total. The maximum atomic E-state index is 12.6. The maximum Gasteiger partial charge on any atom is 0.255 e. The maximum absolute atomic E-state index is 12.6. The Morgan fingerprint density at radius 3 is 2.30 bits per heavy atom. The van der Waals surface area contributed by atoms with E-state index in [4.69, 9.17) is 23.2 Å². The van der Waals surface area contributed by atoms with Crippen molar-refractivity contribution in [1.29, 1.82) is 0 Å². The molecule has 23 heavy (non-hydrogen) atoms. The molecule has 6 heteroatoms. The van der Waals surface area contributed by atoms with E-state index in [1.54, 1.807) is 6.07 Å². The molecule has 0 bridgehead atoms. The second-order valence-electron chi connectivity index (χ2n) is 5.36. The third-order valence-corrected chi connectivity index (χ3v) is 5.37. The summed E-state index contributed by atoms with van der Waals surface area (Å²) in [6.07, 6.45) is 0. The molecule has 0 aliphatic carbocycles. The summed E-state index contributed by atoms with van der Waals surface area (Å²) in [4.78, 5) is 16.7. The Bertz CT molecular complexity index is 730. The van der Waals surface area contributed by atoms with Gasteiger partial charge in [-0.15, -0.1) is 0 Å². The Kier molecular flexibility index (Phi) is 5.14. The highest BCUT2D eigenvalue weighted by molar-refractivity contribution is 9.10. The molecular weight excluding hydrogens is 399 g/mol. The van der Waals surface area contributed by atoms with Crippen molar-refractivity contribution in [3.63, 3.8) is 0 Å². The Morgan fingerprint density at radius 1 is 0.957 bits per heavy atom.